The Balaban J connectivity index is 1.70. The predicted molar refractivity (Wildman–Crippen MR) is 157 cm³/mol. The molecule has 2 N–H and O–H groups in total. The van der Waals surface area contributed by atoms with Crippen molar-refractivity contribution in [3.63, 3.8) is 0 Å². The van der Waals surface area contributed by atoms with Gasteiger partial charge in [-0.1, -0.05) is 160 Å². The van der Waals surface area contributed by atoms with Gasteiger partial charge in [-0.3, -0.25) is 0 Å². The van der Waals surface area contributed by atoms with Crippen molar-refractivity contribution in [2.24, 2.45) is 0 Å². The van der Waals surface area contributed by atoms with Gasteiger partial charge in [0.2, 0.25) is 0 Å². The largest absolute Gasteiger partial charge is 0.393 e. The van der Waals surface area contributed by atoms with Crippen LogP contribution in [0.15, 0.2) is 30.3 Å². The van der Waals surface area contributed by atoms with Crippen molar-refractivity contribution in [1.82, 2.24) is 0 Å². The second-order valence-electron chi connectivity index (χ2n) is 10.9. The molecular formula is C33H61NO. The molecule has 1 unspecified atom stereocenters. The highest BCUT2D eigenvalue weighted by molar-refractivity contribution is 5.42. The maximum atomic E-state index is 10.2. The highest BCUT2D eigenvalue weighted by Gasteiger charge is 2.04. The molecule has 1 aromatic carbocycles. The Morgan fingerprint density at radius 3 is 1.31 bits per heavy atom. The normalized spacial score (nSPS) is 12.2. The van der Waals surface area contributed by atoms with Gasteiger partial charge in [0.1, 0.15) is 0 Å². The molecule has 2 nitrogen and oxygen atoms in total. The summed E-state index contributed by atoms with van der Waals surface area (Å²) in [5.74, 6) is 0. The molecule has 204 valence electrons. The van der Waals surface area contributed by atoms with E-state index in [2.05, 4.69) is 42.6 Å². The molecule has 0 bridgehead atoms. The van der Waals surface area contributed by atoms with E-state index in [0.29, 0.717) is 0 Å². The number of nitrogens with one attached hydrogen (secondary N) is 1. The second-order valence-corrected chi connectivity index (χ2v) is 10.9. The van der Waals surface area contributed by atoms with Crippen molar-refractivity contribution in [2.45, 2.75) is 167 Å². The van der Waals surface area contributed by atoms with E-state index in [-0.39, 0.29) is 6.10 Å². The molecule has 1 rings (SSSR count). The van der Waals surface area contributed by atoms with E-state index < -0.39 is 0 Å². The monoisotopic (exact) mass is 487 g/mol. The number of aliphatic hydroxyl groups is 1. The van der Waals surface area contributed by atoms with Crippen LogP contribution in [0.2, 0.25) is 0 Å². The van der Waals surface area contributed by atoms with Crippen LogP contribution >= 0.6 is 0 Å². The van der Waals surface area contributed by atoms with Gasteiger partial charge in [0.25, 0.3) is 0 Å². The fourth-order valence-electron chi connectivity index (χ4n) is 5.07. The molecule has 1 aromatic rings. The van der Waals surface area contributed by atoms with E-state index >= 15 is 0 Å². The molecule has 0 saturated heterocycles. The maximum Gasteiger partial charge on any atom is 0.0540 e. The quantitative estimate of drug-likeness (QED) is 0.121. The molecule has 0 aliphatic rings. The fourth-order valence-corrected chi connectivity index (χ4v) is 5.07. The SMILES string of the molecule is CCCCCCCCCCCCCCC(O)CCCCCCCCCCCCNc1ccccc1. The average molecular weight is 488 g/mol. The minimum atomic E-state index is -0.0468. The molecule has 0 fully saturated rings. The molecule has 1 atom stereocenters. The van der Waals surface area contributed by atoms with Gasteiger partial charge in [-0.25, -0.2) is 0 Å². The number of hydrogen-bond donors (Lipinski definition) is 2. The average Bonchev–Trinajstić information content (AvgIpc) is 2.88. The summed E-state index contributed by atoms with van der Waals surface area (Å²) >= 11 is 0. The summed E-state index contributed by atoms with van der Waals surface area (Å²) < 4.78 is 0. The first kappa shape index (κ1) is 32.0. The predicted octanol–water partition coefficient (Wildman–Crippen LogP) is 10.8. The zero-order chi connectivity index (χ0) is 25.1. The number of para-hydroxylation sites is 1. The summed E-state index contributed by atoms with van der Waals surface area (Å²) in [5, 5.41) is 13.7. The van der Waals surface area contributed by atoms with Gasteiger partial charge in [-0.15, -0.1) is 0 Å². The van der Waals surface area contributed by atoms with Crippen molar-refractivity contribution in [2.75, 3.05) is 11.9 Å². The van der Waals surface area contributed by atoms with Crippen LogP contribution in [-0.2, 0) is 0 Å². The third-order valence-electron chi connectivity index (χ3n) is 7.46. The van der Waals surface area contributed by atoms with Crippen LogP contribution in [0.25, 0.3) is 0 Å². The molecule has 2 heteroatoms. The van der Waals surface area contributed by atoms with Crippen LogP contribution in [0.3, 0.4) is 0 Å². The summed E-state index contributed by atoms with van der Waals surface area (Å²) in [6.07, 6.45) is 32.1. The lowest BCUT2D eigenvalue weighted by Crippen LogP contribution is -2.05. The minimum Gasteiger partial charge on any atom is -0.393 e. The van der Waals surface area contributed by atoms with E-state index in [9.17, 15) is 5.11 Å². The van der Waals surface area contributed by atoms with Gasteiger partial charge >= 0.3 is 0 Å². The van der Waals surface area contributed by atoms with Crippen LogP contribution in [0.1, 0.15) is 161 Å². The first-order valence-electron chi connectivity index (χ1n) is 15.8. The smallest absolute Gasteiger partial charge is 0.0540 e. The lowest BCUT2D eigenvalue weighted by Gasteiger charge is -2.10. The summed E-state index contributed by atoms with van der Waals surface area (Å²) in [5.41, 5.74) is 1.24. The lowest BCUT2D eigenvalue weighted by molar-refractivity contribution is 0.147. The second kappa shape index (κ2) is 26.1. The van der Waals surface area contributed by atoms with E-state index in [4.69, 9.17) is 0 Å². The minimum absolute atomic E-state index is 0.0468. The van der Waals surface area contributed by atoms with Crippen LogP contribution in [0.4, 0.5) is 5.69 Å². The van der Waals surface area contributed by atoms with Crippen molar-refractivity contribution in [3.05, 3.63) is 30.3 Å². The summed E-state index contributed by atoms with van der Waals surface area (Å²) in [4.78, 5) is 0. The van der Waals surface area contributed by atoms with Gasteiger partial charge in [0, 0.05) is 12.2 Å². The number of aliphatic hydroxyl groups excluding tert-OH is 1. The van der Waals surface area contributed by atoms with Crippen LogP contribution in [0.5, 0.6) is 0 Å². The molecular weight excluding hydrogens is 426 g/mol. The summed E-state index contributed by atoms with van der Waals surface area (Å²) in [6.45, 7) is 3.38. The maximum absolute atomic E-state index is 10.2. The van der Waals surface area contributed by atoms with E-state index in [1.807, 2.05) is 0 Å². The Morgan fingerprint density at radius 1 is 0.514 bits per heavy atom. The standard InChI is InChI=1S/C33H61NO/c1-2-3-4-5-6-7-8-9-12-15-18-24-29-33(35)30-25-19-16-13-10-11-14-17-20-26-31-34-32-27-22-21-23-28-32/h21-23,27-28,33-35H,2-20,24-26,29-31H2,1H3. The molecule has 0 aromatic heterocycles. The number of rotatable bonds is 27. The van der Waals surface area contributed by atoms with Crippen LogP contribution in [0, 0.1) is 0 Å². The first-order chi connectivity index (χ1) is 17.3. The Kier molecular flexibility index (Phi) is 23.8. The zero-order valence-corrected chi connectivity index (χ0v) is 23.6. The van der Waals surface area contributed by atoms with Crippen molar-refractivity contribution >= 4 is 5.69 Å². The Morgan fingerprint density at radius 2 is 0.886 bits per heavy atom. The molecule has 0 radical (unpaired) electrons. The number of unbranched alkanes of at least 4 members (excludes halogenated alkanes) is 20. The topological polar surface area (TPSA) is 32.3 Å². The zero-order valence-electron chi connectivity index (χ0n) is 23.6. The Labute approximate surface area is 220 Å². The number of anilines is 1. The molecule has 0 aliphatic carbocycles. The van der Waals surface area contributed by atoms with Crippen molar-refractivity contribution in [3.8, 4) is 0 Å². The Bertz CT molecular complexity index is 517. The summed E-state index contributed by atoms with van der Waals surface area (Å²) in [6, 6.07) is 10.5. The van der Waals surface area contributed by atoms with Gasteiger partial charge in [0.15, 0.2) is 0 Å². The highest BCUT2D eigenvalue weighted by atomic mass is 16.3. The molecule has 0 spiro atoms. The van der Waals surface area contributed by atoms with E-state index in [1.54, 1.807) is 0 Å². The Hall–Kier alpha value is -1.02. The van der Waals surface area contributed by atoms with Crippen LogP contribution in [-0.4, -0.2) is 17.8 Å². The van der Waals surface area contributed by atoms with Crippen LogP contribution < -0.4 is 5.32 Å². The fraction of sp³-hybridized carbons (Fsp3) is 0.818. The molecule has 0 amide bonds. The third kappa shape index (κ3) is 23.1. The van der Waals surface area contributed by atoms with E-state index in [0.717, 1.165) is 19.4 Å². The van der Waals surface area contributed by atoms with Gasteiger partial charge in [-0.2, -0.15) is 0 Å². The number of hydrogen-bond acceptors (Lipinski definition) is 2. The summed E-state index contributed by atoms with van der Waals surface area (Å²) in [7, 11) is 0. The molecule has 35 heavy (non-hydrogen) atoms. The molecule has 0 heterocycles. The number of benzene rings is 1. The van der Waals surface area contributed by atoms with Gasteiger partial charge < -0.3 is 10.4 Å². The van der Waals surface area contributed by atoms with E-state index in [1.165, 1.54) is 147 Å². The molecule has 0 saturated carbocycles. The molecule has 0 aliphatic heterocycles. The van der Waals surface area contributed by atoms with Gasteiger partial charge in [0.05, 0.1) is 6.10 Å². The lowest BCUT2D eigenvalue weighted by atomic mass is 10.0. The third-order valence-corrected chi connectivity index (χ3v) is 7.46. The first-order valence-corrected chi connectivity index (χ1v) is 15.8. The van der Waals surface area contributed by atoms with Gasteiger partial charge in [-0.05, 0) is 31.4 Å². The van der Waals surface area contributed by atoms with Crippen molar-refractivity contribution < 1.29 is 5.11 Å². The van der Waals surface area contributed by atoms with Crippen molar-refractivity contribution in [1.29, 1.82) is 0 Å². The highest BCUT2D eigenvalue weighted by Crippen LogP contribution is 2.16.